The van der Waals surface area contributed by atoms with E-state index in [0.29, 0.717) is 0 Å². The summed E-state index contributed by atoms with van der Waals surface area (Å²) in [4.78, 5) is 38.4. The Morgan fingerprint density at radius 2 is 1.35 bits per heavy atom. The van der Waals surface area contributed by atoms with Crippen LogP contribution in [0.5, 0.6) is 0 Å². The first-order chi connectivity index (χ1) is 14.5. The van der Waals surface area contributed by atoms with Gasteiger partial charge in [0.25, 0.3) is 0 Å². The van der Waals surface area contributed by atoms with Crippen molar-refractivity contribution in [3.05, 3.63) is 60.2 Å². The summed E-state index contributed by atoms with van der Waals surface area (Å²) in [6, 6.07) is 17.5. The first-order valence-corrected chi connectivity index (χ1v) is 10.6. The minimum absolute atomic E-state index is 0.0261. The van der Waals surface area contributed by atoms with E-state index in [9.17, 15) is 14.4 Å². The number of Topliss-reactive ketones (excluding diaryl/α,β-unsaturated/α-hetero) is 1. The second-order valence-corrected chi connectivity index (χ2v) is 8.99. The summed E-state index contributed by atoms with van der Waals surface area (Å²) in [5.41, 5.74) is 2.11. The summed E-state index contributed by atoms with van der Waals surface area (Å²) < 4.78 is 10.7. The third-order valence-corrected chi connectivity index (χ3v) is 4.67. The van der Waals surface area contributed by atoms with Crippen LogP contribution >= 0.6 is 0 Å². The molecule has 5 nitrogen and oxygen atoms in total. The highest BCUT2D eigenvalue weighted by molar-refractivity contribution is 6.03. The van der Waals surface area contributed by atoms with Gasteiger partial charge in [-0.2, -0.15) is 0 Å². The maximum Gasteiger partial charge on any atom is 0.317 e. The molecular formula is C26H32O5. The molecule has 1 unspecified atom stereocenters. The predicted molar refractivity (Wildman–Crippen MR) is 120 cm³/mol. The number of carbonyl (C=O) groups is 3. The fraction of sp³-hybridized carbons (Fsp3) is 0.423. The summed E-state index contributed by atoms with van der Waals surface area (Å²) in [5.74, 6) is -3.81. The molecule has 31 heavy (non-hydrogen) atoms. The molecule has 0 aliphatic rings. The van der Waals surface area contributed by atoms with Crippen LogP contribution in [0.1, 0.15) is 47.1 Å². The highest BCUT2D eigenvalue weighted by atomic mass is 16.6. The molecule has 0 aliphatic carbocycles. The lowest BCUT2D eigenvalue weighted by atomic mass is 9.86. The molecule has 2 aromatic rings. The summed E-state index contributed by atoms with van der Waals surface area (Å²) in [7, 11) is 0. The van der Waals surface area contributed by atoms with Crippen molar-refractivity contribution in [1.29, 1.82) is 0 Å². The standard InChI is InChI=1S/C26H32O5/c1-17(2)30-24(28)18(3)23(25(29)31-26(4,5)6)22(27)16-19-12-14-21(15-13-19)20-10-8-7-9-11-20/h7-15,17-18,23H,16H2,1-6H3/t18-,23?/m1/s1. The van der Waals surface area contributed by atoms with Crippen molar-refractivity contribution in [2.45, 2.75) is 59.7 Å². The van der Waals surface area contributed by atoms with Crippen molar-refractivity contribution >= 4 is 17.7 Å². The number of hydrogen-bond donors (Lipinski definition) is 0. The molecule has 0 spiro atoms. The second kappa shape index (κ2) is 10.4. The zero-order valence-corrected chi connectivity index (χ0v) is 19.2. The van der Waals surface area contributed by atoms with Gasteiger partial charge < -0.3 is 9.47 Å². The average molecular weight is 425 g/mol. The molecule has 5 heteroatoms. The minimum Gasteiger partial charge on any atom is -0.463 e. The van der Waals surface area contributed by atoms with Gasteiger partial charge in [-0.05, 0) is 51.3 Å². The molecule has 0 bridgehead atoms. The zero-order chi connectivity index (χ0) is 23.2. The lowest BCUT2D eigenvalue weighted by Gasteiger charge is -2.26. The Hall–Kier alpha value is -2.95. The van der Waals surface area contributed by atoms with Crippen molar-refractivity contribution in [2.24, 2.45) is 11.8 Å². The van der Waals surface area contributed by atoms with Gasteiger partial charge >= 0.3 is 11.9 Å². The van der Waals surface area contributed by atoms with Gasteiger partial charge in [0.15, 0.2) is 5.78 Å². The maximum atomic E-state index is 13.1. The SMILES string of the molecule is CC(C)OC(=O)[C@H](C)C(C(=O)Cc1ccc(-c2ccccc2)cc1)C(=O)OC(C)(C)C. The van der Waals surface area contributed by atoms with E-state index in [-0.39, 0.29) is 18.3 Å². The summed E-state index contributed by atoms with van der Waals surface area (Å²) >= 11 is 0. The molecule has 0 fully saturated rings. The molecule has 0 aliphatic heterocycles. The van der Waals surface area contributed by atoms with E-state index in [1.165, 1.54) is 6.92 Å². The molecule has 2 rings (SSSR count). The summed E-state index contributed by atoms with van der Waals surface area (Å²) in [5, 5.41) is 0. The van der Waals surface area contributed by atoms with E-state index < -0.39 is 29.4 Å². The smallest absolute Gasteiger partial charge is 0.317 e. The molecule has 0 saturated carbocycles. The predicted octanol–water partition coefficient (Wildman–Crippen LogP) is 5.01. The van der Waals surface area contributed by atoms with Gasteiger partial charge in [0.2, 0.25) is 0 Å². The molecule has 0 aromatic heterocycles. The van der Waals surface area contributed by atoms with Gasteiger partial charge in [-0.1, -0.05) is 61.5 Å². The van der Waals surface area contributed by atoms with E-state index in [1.54, 1.807) is 34.6 Å². The zero-order valence-electron chi connectivity index (χ0n) is 19.2. The fourth-order valence-electron chi connectivity index (χ4n) is 3.21. The van der Waals surface area contributed by atoms with Crippen LogP contribution in [-0.2, 0) is 30.3 Å². The number of rotatable bonds is 8. The van der Waals surface area contributed by atoms with Crippen molar-refractivity contribution in [1.82, 2.24) is 0 Å². The Kier molecular flexibility index (Phi) is 8.14. The summed E-state index contributed by atoms with van der Waals surface area (Å²) in [6.45, 7) is 10.2. The quantitative estimate of drug-likeness (QED) is 0.440. The third kappa shape index (κ3) is 7.35. The van der Waals surface area contributed by atoms with Crippen LogP contribution in [0.4, 0.5) is 0 Å². The Bertz CT molecular complexity index is 892. The number of benzene rings is 2. The Morgan fingerprint density at radius 1 is 0.806 bits per heavy atom. The largest absolute Gasteiger partial charge is 0.463 e. The van der Waals surface area contributed by atoms with Gasteiger partial charge in [-0.15, -0.1) is 0 Å². The van der Waals surface area contributed by atoms with E-state index >= 15 is 0 Å². The minimum atomic E-state index is -1.22. The van der Waals surface area contributed by atoms with Crippen LogP contribution < -0.4 is 0 Å². The molecule has 2 atom stereocenters. The van der Waals surface area contributed by atoms with E-state index in [0.717, 1.165) is 16.7 Å². The highest BCUT2D eigenvalue weighted by Crippen LogP contribution is 2.24. The Balaban J connectivity index is 2.21. The molecule has 0 heterocycles. The van der Waals surface area contributed by atoms with Gasteiger partial charge in [0.05, 0.1) is 12.0 Å². The third-order valence-electron chi connectivity index (χ3n) is 4.67. The van der Waals surface area contributed by atoms with Crippen LogP contribution in [0.3, 0.4) is 0 Å². The monoisotopic (exact) mass is 424 g/mol. The number of ketones is 1. The lowest BCUT2D eigenvalue weighted by molar-refractivity contribution is -0.171. The average Bonchev–Trinajstić information content (AvgIpc) is 2.67. The first-order valence-electron chi connectivity index (χ1n) is 10.6. The molecule has 166 valence electrons. The summed E-state index contributed by atoms with van der Waals surface area (Å²) in [6.07, 6.45) is -0.312. The fourth-order valence-corrected chi connectivity index (χ4v) is 3.21. The van der Waals surface area contributed by atoms with Crippen molar-refractivity contribution in [3.8, 4) is 11.1 Å². The van der Waals surface area contributed by atoms with E-state index in [4.69, 9.17) is 9.47 Å². The number of hydrogen-bond acceptors (Lipinski definition) is 5. The Morgan fingerprint density at radius 3 is 1.87 bits per heavy atom. The van der Waals surface area contributed by atoms with Crippen LogP contribution in [0.25, 0.3) is 11.1 Å². The van der Waals surface area contributed by atoms with E-state index in [2.05, 4.69) is 0 Å². The molecule has 0 radical (unpaired) electrons. The highest BCUT2D eigenvalue weighted by Gasteiger charge is 2.39. The molecule has 0 amide bonds. The van der Waals surface area contributed by atoms with E-state index in [1.807, 2.05) is 54.6 Å². The van der Waals surface area contributed by atoms with Gasteiger partial charge in [-0.3, -0.25) is 14.4 Å². The molecule has 0 saturated heterocycles. The van der Waals surface area contributed by atoms with Crippen LogP contribution in [0.15, 0.2) is 54.6 Å². The number of esters is 2. The van der Waals surface area contributed by atoms with Crippen molar-refractivity contribution in [2.75, 3.05) is 0 Å². The molecular weight excluding hydrogens is 392 g/mol. The van der Waals surface area contributed by atoms with Crippen LogP contribution in [0, 0.1) is 11.8 Å². The van der Waals surface area contributed by atoms with Gasteiger partial charge in [-0.25, -0.2) is 0 Å². The van der Waals surface area contributed by atoms with Gasteiger partial charge in [0, 0.05) is 6.42 Å². The number of ether oxygens (including phenoxy) is 2. The van der Waals surface area contributed by atoms with Crippen molar-refractivity contribution in [3.63, 3.8) is 0 Å². The van der Waals surface area contributed by atoms with Crippen LogP contribution in [-0.4, -0.2) is 29.4 Å². The van der Waals surface area contributed by atoms with Gasteiger partial charge in [0.1, 0.15) is 11.5 Å². The normalized spacial score (nSPS) is 13.4. The van der Waals surface area contributed by atoms with Crippen molar-refractivity contribution < 1.29 is 23.9 Å². The second-order valence-electron chi connectivity index (χ2n) is 8.99. The van der Waals surface area contributed by atoms with Crippen LogP contribution in [0.2, 0.25) is 0 Å². The number of carbonyl (C=O) groups excluding carboxylic acids is 3. The Labute approximate surface area is 184 Å². The first kappa shape index (κ1) is 24.3. The molecule has 2 aromatic carbocycles. The topological polar surface area (TPSA) is 69.7 Å². The maximum absolute atomic E-state index is 13.1. The molecule has 0 N–H and O–H groups in total. The lowest BCUT2D eigenvalue weighted by Crippen LogP contribution is -2.40.